The Morgan fingerprint density at radius 1 is 1.36 bits per heavy atom. The van der Waals surface area contributed by atoms with Gasteiger partial charge < -0.3 is 10.5 Å². The summed E-state index contributed by atoms with van der Waals surface area (Å²) in [5.74, 6) is -0.244. The van der Waals surface area contributed by atoms with Crippen molar-refractivity contribution < 1.29 is 9.53 Å². The van der Waals surface area contributed by atoms with E-state index in [0.29, 0.717) is 10.8 Å². The fourth-order valence-electron chi connectivity index (χ4n) is 2.11. The number of nitrogens with two attached hydrogens (primary N) is 1. The molecule has 6 nitrogen and oxygen atoms in total. The Bertz CT molecular complexity index is 675. The van der Waals surface area contributed by atoms with Crippen LogP contribution in [-0.2, 0) is 9.53 Å². The molecule has 114 valence electrons. The van der Waals surface area contributed by atoms with Gasteiger partial charge in [-0.1, -0.05) is 23.5 Å². The van der Waals surface area contributed by atoms with Gasteiger partial charge in [0.25, 0.3) is 0 Å². The van der Waals surface area contributed by atoms with Crippen LogP contribution in [0.5, 0.6) is 0 Å². The van der Waals surface area contributed by atoms with Crippen molar-refractivity contribution in [3.05, 3.63) is 40.9 Å². The summed E-state index contributed by atoms with van der Waals surface area (Å²) < 4.78 is 5.54. The Balaban J connectivity index is 1.58. The molecule has 1 aliphatic heterocycles. The highest BCUT2D eigenvalue weighted by Crippen LogP contribution is 2.31. The van der Waals surface area contributed by atoms with Crippen molar-refractivity contribution in [1.29, 1.82) is 0 Å². The highest BCUT2D eigenvalue weighted by atomic mass is 32.1. The first-order valence-corrected chi connectivity index (χ1v) is 7.82. The van der Waals surface area contributed by atoms with Crippen molar-refractivity contribution in [3.8, 4) is 0 Å². The number of amides is 1. The van der Waals surface area contributed by atoms with E-state index in [0.717, 1.165) is 30.0 Å². The Morgan fingerprint density at radius 3 is 2.91 bits per heavy atom. The van der Waals surface area contributed by atoms with Crippen LogP contribution in [-0.4, -0.2) is 22.7 Å². The van der Waals surface area contributed by atoms with E-state index >= 15 is 0 Å². The number of ether oxygens (including phenoxy) is 1. The number of benzene rings is 1. The van der Waals surface area contributed by atoms with Gasteiger partial charge in [0.15, 0.2) is 0 Å². The van der Waals surface area contributed by atoms with Gasteiger partial charge in [0.1, 0.15) is 11.1 Å². The second kappa shape index (κ2) is 6.67. The lowest BCUT2D eigenvalue weighted by Crippen LogP contribution is -2.07. The summed E-state index contributed by atoms with van der Waals surface area (Å²) in [6, 6.07) is 7.27. The number of hydrogen-bond acceptors (Lipinski definition) is 6. The monoisotopic (exact) mass is 316 g/mol. The molecule has 0 bridgehead atoms. The van der Waals surface area contributed by atoms with Crippen LogP contribution in [0.4, 0.5) is 10.8 Å². The highest BCUT2D eigenvalue weighted by molar-refractivity contribution is 7.15. The lowest BCUT2D eigenvalue weighted by molar-refractivity contribution is -0.111. The topological polar surface area (TPSA) is 90.1 Å². The number of anilines is 2. The molecule has 0 saturated carbocycles. The lowest BCUT2D eigenvalue weighted by atomic mass is 10.2. The molecule has 1 fully saturated rings. The number of nitrogen functional groups attached to an aromatic ring is 1. The fraction of sp³-hybridized carbons (Fsp3) is 0.267. The molecule has 1 saturated heterocycles. The summed E-state index contributed by atoms with van der Waals surface area (Å²) in [5.41, 5.74) is 7.21. The number of carbonyl (C=O) groups is 1. The third kappa shape index (κ3) is 3.69. The van der Waals surface area contributed by atoms with Crippen molar-refractivity contribution in [1.82, 2.24) is 10.2 Å². The van der Waals surface area contributed by atoms with Crippen LogP contribution in [0.2, 0.25) is 0 Å². The third-order valence-corrected chi connectivity index (χ3v) is 4.17. The maximum absolute atomic E-state index is 11.9. The van der Waals surface area contributed by atoms with Gasteiger partial charge >= 0.3 is 0 Å². The Kier molecular flexibility index (Phi) is 4.45. The van der Waals surface area contributed by atoms with E-state index in [4.69, 9.17) is 10.5 Å². The van der Waals surface area contributed by atoms with Crippen LogP contribution < -0.4 is 11.1 Å². The number of rotatable bonds is 4. The molecule has 1 amide bonds. The van der Waals surface area contributed by atoms with E-state index in [1.807, 2.05) is 12.1 Å². The van der Waals surface area contributed by atoms with Gasteiger partial charge in [-0.05, 0) is 36.6 Å². The SMILES string of the molecule is Nc1ccc(/C=C/C(=O)Nc2nnc(C3CCCO3)s2)cc1. The minimum Gasteiger partial charge on any atom is -0.399 e. The van der Waals surface area contributed by atoms with E-state index in [1.54, 1.807) is 18.2 Å². The molecule has 1 unspecified atom stereocenters. The summed E-state index contributed by atoms with van der Waals surface area (Å²) in [4.78, 5) is 11.9. The lowest BCUT2D eigenvalue weighted by Gasteiger charge is -2.01. The van der Waals surface area contributed by atoms with Gasteiger partial charge in [-0.2, -0.15) is 0 Å². The Morgan fingerprint density at radius 2 is 2.18 bits per heavy atom. The number of nitrogens with one attached hydrogen (secondary N) is 1. The molecule has 0 radical (unpaired) electrons. The number of aromatic nitrogens is 2. The van der Waals surface area contributed by atoms with E-state index < -0.39 is 0 Å². The minimum atomic E-state index is -0.244. The second-order valence-corrected chi connectivity index (χ2v) is 5.95. The van der Waals surface area contributed by atoms with Crippen LogP contribution >= 0.6 is 11.3 Å². The molecule has 1 aliphatic rings. The van der Waals surface area contributed by atoms with Gasteiger partial charge in [0.05, 0.1) is 0 Å². The molecule has 1 atom stereocenters. The van der Waals surface area contributed by atoms with Crippen LogP contribution in [0.1, 0.15) is 29.5 Å². The molecule has 7 heteroatoms. The summed E-state index contributed by atoms with van der Waals surface area (Å²) in [5, 5.41) is 12.0. The predicted molar refractivity (Wildman–Crippen MR) is 86.4 cm³/mol. The summed E-state index contributed by atoms with van der Waals surface area (Å²) >= 11 is 1.35. The van der Waals surface area contributed by atoms with E-state index in [2.05, 4.69) is 15.5 Å². The molecule has 22 heavy (non-hydrogen) atoms. The zero-order valence-electron chi connectivity index (χ0n) is 11.9. The van der Waals surface area contributed by atoms with Crippen LogP contribution in [0.3, 0.4) is 0 Å². The molecule has 3 N–H and O–H groups in total. The molecule has 1 aromatic carbocycles. The molecule has 2 aromatic rings. The summed E-state index contributed by atoms with van der Waals surface area (Å²) in [7, 11) is 0. The largest absolute Gasteiger partial charge is 0.399 e. The molecule has 1 aromatic heterocycles. The normalized spacial score (nSPS) is 17.9. The number of hydrogen-bond donors (Lipinski definition) is 2. The summed E-state index contributed by atoms with van der Waals surface area (Å²) in [6.07, 6.45) is 5.19. The molecular formula is C15H16N4O2S. The first-order chi connectivity index (χ1) is 10.7. The van der Waals surface area contributed by atoms with Crippen molar-refractivity contribution in [2.45, 2.75) is 18.9 Å². The van der Waals surface area contributed by atoms with Gasteiger partial charge in [0, 0.05) is 18.4 Å². The molecular weight excluding hydrogens is 300 g/mol. The van der Waals surface area contributed by atoms with Crippen LogP contribution in [0.15, 0.2) is 30.3 Å². The molecule has 2 heterocycles. The molecule has 0 spiro atoms. The van der Waals surface area contributed by atoms with Crippen LogP contribution in [0.25, 0.3) is 6.08 Å². The second-order valence-electron chi connectivity index (χ2n) is 4.94. The third-order valence-electron chi connectivity index (χ3n) is 3.24. The molecule has 3 rings (SSSR count). The Hall–Kier alpha value is -2.25. The highest BCUT2D eigenvalue weighted by Gasteiger charge is 2.22. The van der Waals surface area contributed by atoms with Crippen molar-refractivity contribution in [2.75, 3.05) is 17.7 Å². The van der Waals surface area contributed by atoms with Gasteiger partial charge in [-0.25, -0.2) is 0 Å². The molecule has 0 aliphatic carbocycles. The maximum atomic E-state index is 11.9. The first-order valence-electron chi connectivity index (χ1n) is 7.00. The maximum Gasteiger partial charge on any atom is 0.250 e. The standard InChI is InChI=1S/C15H16N4O2S/c16-11-6-3-10(4-7-11)5-8-13(20)17-15-19-18-14(22-15)12-2-1-9-21-12/h3-8,12H,1-2,9,16H2,(H,17,19,20)/b8-5+. The predicted octanol–water partition coefficient (Wildman–Crippen LogP) is 2.62. The van der Waals surface area contributed by atoms with Crippen LogP contribution in [0, 0.1) is 0 Å². The van der Waals surface area contributed by atoms with E-state index in [1.165, 1.54) is 17.4 Å². The quantitative estimate of drug-likeness (QED) is 0.668. The Labute approximate surface area is 132 Å². The van der Waals surface area contributed by atoms with Gasteiger partial charge in [-0.3, -0.25) is 10.1 Å². The van der Waals surface area contributed by atoms with Gasteiger partial charge in [-0.15, -0.1) is 10.2 Å². The zero-order valence-corrected chi connectivity index (χ0v) is 12.7. The van der Waals surface area contributed by atoms with E-state index in [-0.39, 0.29) is 12.0 Å². The van der Waals surface area contributed by atoms with Gasteiger partial charge in [0.2, 0.25) is 11.0 Å². The minimum absolute atomic E-state index is 0.0217. The van der Waals surface area contributed by atoms with Crippen molar-refractivity contribution in [3.63, 3.8) is 0 Å². The average Bonchev–Trinajstić information content (AvgIpc) is 3.17. The zero-order chi connectivity index (χ0) is 15.4. The van der Waals surface area contributed by atoms with Crippen molar-refractivity contribution in [2.24, 2.45) is 0 Å². The van der Waals surface area contributed by atoms with E-state index in [9.17, 15) is 4.79 Å². The fourth-order valence-corrected chi connectivity index (χ4v) is 2.94. The first kappa shape index (κ1) is 14.7. The summed E-state index contributed by atoms with van der Waals surface area (Å²) in [6.45, 7) is 0.760. The smallest absolute Gasteiger partial charge is 0.250 e. The van der Waals surface area contributed by atoms with Crippen molar-refractivity contribution >= 4 is 34.1 Å². The number of nitrogens with zero attached hydrogens (tertiary/aromatic N) is 2. The average molecular weight is 316 g/mol. The number of carbonyl (C=O) groups excluding carboxylic acids is 1.